The number of phenols is 2. The number of hydrogen-bond donors (Lipinski definition) is 4. The molecule has 4 aromatic carbocycles. The van der Waals surface area contributed by atoms with Gasteiger partial charge in [-0.15, -0.1) is 0 Å². The van der Waals surface area contributed by atoms with Crippen LogP contribution in [-0.2, 0) is 6.42 Å². The highest BCUT2D eigenvalue weighted by Gasteiger charge is 2.12. The van der Waals surface area contributed by atoms with E-state index in [1.54, 1.807) is 84.9 Å². The Morgan fingerprint density at radius 1 is 0.600 bits per heavy atom. The summed E-state index contributed by atoms with van der Waals surface area (Å²) in [5, 5.41) is 26.2. The average molecular weight is 596 g/mol. The largest absolute Gasteiger partial charge is 0.506 e. The van der Waals surface area contributed by atoms with Crippen molar-refractivity contribution < 1.29 is 19.8 Å². The Morgan fingerprint density at radius 2 is 0.971 bits per heavy atom. The maximum atomic E-state index is 12.4. The first-order chi connectivity index (χ1) is 16.8. The molecule has 0 bridgehead atoms. The van der Waals surface area contributed by atoms with Crippen LogP contribution in [0.4, 0.5) is 11.4 Å². The fraction of sp³-hybridized carbons (Fsp3) is 0.0370. The molecule has 0 unspecified atom stereocenters. The van der Waals surface area contributed by atoms with E-state index in [0.29, 0.717) is 28.9 Å². The van der Waals surface area contributed by atoms with E-state index < -0.39 is 0 Å². The Morgan fingerprint density at radius 3 is 1.31 bits per heavy atom. The van der Waals surface area contributed by atoms with Gasteiger partial charge in [-0.1, -0.05) is 44.0 Å². The summed E-state index contributed by atoms with van der Waals surface area (Å²) in [7, 11) is 0. The number of amides is 2. The summed E-state index contributed by atoms with van der Waals surface area (Å²) in [6.07, 6.45) is 0.434. The van der Waals surface area contributed by atoms with Crippen molar-refractivity contribution >= 4 is 55.0 Å². The number of nitrogens with one attached hydrogen (secondary N) is 2. The molecule has 4 aromatic rings. The van der Waals surface area contributed by atoms with Crippen LogP contribution in [0, 0.1) is 0 Å². The number of rotatable bonds is 6. The second-order valence-electron chi connectivity index (χ2n) is 7.80. The molecule has 0 saturated heterocycles. The first-order valence-electron chi connectivity index (χ1n) is 10.6. The number of carbonyl (C=O) groups is 2. The van der Waals surface area contributed by atoms with Crippen LogP contribution >= 0.6 is 31.9 Å². The first-order valence-corrected chi connectivity index (χ1v) is 12.1. The highest BCUT2D eigenvalue weighted by molar-refractivity contribution is 9.10. The van der Waals surface area contributed by atoms with Gasteiger partial charge in [-0.3, -0.25) is 9.59 Å². The summed E-state index contributed by atoms with van der Waals surface area (Å²) in [6.45, 7) is 0. The number of aromatic hydroxyl groups is 2. The molecule has 0 aliphatic rings. The molecule has 0 heterocycles. The van der Waals surface area contributed by atoms with E-state index >= 15 is 0 Å². The van der Waals surface area contributed by atoms with Gasteiger partial charge in [0, 0.05) is 20.1 Å². The lowest BCUT2D eigenvalue weighted by Crippen LogP contribution is -2.12. The number of halogens is 2. The summed E-state index contributed by atoms with van der Waals surface area (Å²) in [5.41, 5.74) is 3.12. The number of benzene rings is 4. The van der Waals surface area contributed by atoms with Crippen LogP contribution < -0.4 is 10.6 Å². The summed E-state index contributed by atoms with van der Waals surface area (Å²) >= 11 is 6.66. The zero-order chi connectivity index (χ0) is 24.9. The number of anilines is 2. The molecule has 2 amide bonds. The molecule has 0 saturated carbocycles. The van der Waals surface area contributed by atoms with Gasteiger partial charge in [-0.2, -0.15) is 0 Å². The van der Waals surface area contributed by atoms with Crippen LogP contribution in [0.5, 0.6) is 11.5 Å². The second-order valence-corrected chi connectivity index (χ2v) is 9.63. The van der Waals surface area contributed by atoms with Gasteiger partial charge in [-0.25, -0.2) is 0 Å². The Balaban J connectivity index is 1.41. The Kier molecular flexibility index (Phi) is 7.53. The van der Waals surface area contributed by atoms with Crippen LogP contribution in [0.1, 0.15) is 31.8 Å². The average Bonchev–Trinajstić information content (AvgIpc) is 2.83. The van der Waals surface area contributed by atoms with Gasteiger partial charge in [0.15, 0.2) is 0 Å². The molecule has 0 aliphatic carbocycles. The van der Waals surface area contributed by atoms with E-state index in [4.69, 9.17) is 0 Å². The van der Waals surface area contributed by atoms with Crippen molar-refractivity contribution in [3.63, 3.8) is 0 Å². The van der Waals surface area contributed by atoms with Crippen molar-refractivity contribution in [1.29, 1.82) is 0 Å². The molecule has 0 spiro atoms. The smallest absolute Gasteiger partial charge is 0.255 e. The SMILES string of the molecule is O=C(Nc1ccc(Cc2ccc(NC(=O)c3ccc(Br)cc3)c(O)c2)cc1O)c1ccc(Br)cc1. The lowest BCUT2D eigenvalue weighted by atomic mass is 10.0. The van der Waals surface area contributed by atoms with Gasteiger partial charge >= 0.3 is 0 Å². The van der Waals surface area contributed by atoms with Crippen LogP contribution in [-0.4, -0.2) is 22.0 Å². The topological polar surface area (TPSA) is 98.7 Å². The van der Waals surface area contributed by atoms with E-state index in [1.807, 2.05) is 0 Å². The third kappa shape index (κ3) is 6.29. The number of phenolic OH excluding ortho intramolecular Hbond substituents is 2. The van der Waals surface area contributed by atoms with Crippen molar-refractivity contribution in [2.24, 2.45) is 0 Å². The Hall–Kier alpha value is -3.62. The molecule has 4 rings (SSSR count). The van der Waals surface area contributed by atoms with E-state index in [2.05, 4.69) is 42.5 Å². The predicted molar refractivity (Wildman–Crippen MR) is 143 cm³/mol. The minimum absolute atomic E-state index is 0.0597. The van der Waals surface area contributed by atoms with Crippen LogP contribution in [0.3, 0.4) is 0 Å². The lowest BCUT2D eigenvalue weighted by Gasteiger charge is -2.11. The predicted octanol–water partition coefficient (Wildman–Crippen LogP) is 6.72. The molecular weight excluding hydrogens is 576 g/mol. The highest BCUT2D eigenvalue weighted by Crippen LogP contribution is 2.29. The highest BCUT2D eigenvalue weighted by atomic mass is 79.9. The van der Waals surface area contributed by atoms with Gasteiger partial charge in [0.1, 0.15) is 11.5 Å². The fourth-order valence-electron chi connectivity index (χ4n) is 3.41. The first kappa shape index (κ1) is 24.5. The Labute approximate surface area is 218 Å². The third-order valence-electron chi connectivity index (χ3n) is 5.24. The number of hydrogen-bond acceptors (Lipinski definition) is 4. The molecular formula is C27H20Br2N2O4. The normalized spacial score (nSPS) is 10.6. The van der Waals surface area contributed by atoms with Crippen molar-refractivity contribution in [1.82, 2.24) is 0 Å². The molecule has 176 valence electrons. The fourth-order valence-corrected chi connectivity index (χ4v) is 3.94. The molecule has 0 fully saturated rings. The van der Waals surface area contributed by atoms with Crippen molar-refractivity contribution in [2.75, 3.05) is 10.6 Å². The molecule has 35 heavy (non-hydrogen) atoms. The van der Waals surface area contributed by atoms with Gasteiger partial charge in [0.2, 0.25) is 0 Å². The van der Waals surface area contributed by atoms with Crippen LogP contribution in [0.15, 0.2) is 93.9 Å². The Bertz CT molecular complexity index is 1280. The van der Waals surface area contributed by atoms with E-state index in [0.717, 1.165) is 20.1 Å². The molecule has 6 nitrogen and oxygen atoms in total. The molecule has 0 radical (unpaired) electrons. The minimum Gasteiger partial charge on any atom is -0.506 e. The standard InChI is InChI=1S/C27H20Br2N2O4/c28-20-7-3-18(4-8-20)26(34)30-22-11-1-16(14-24(22)32)13-17-2-12-23(25(33)15-17)31-27(35)19-5-9-21(29)10-6-19/h1-12,14-15,32-33H,13H2,(H,30,34)(H,31,35). The van der Waals surface area contributed by atoms with Gasteiger partial charge < -0.3 is 20.8 Å². The lowest BCUT2D eigenvalue weighted by molar-refractivity contribution is 0.101. The molecule has 8 heteroatoms. The number of carbonyl (C=O) groups excluding carboxylic acids is 2. The molecule has 0 atom stereocenters. The monoisotopic (exact) mass is 594 g/mol. The van der Waals surface area contributed by atoms with Gasteiger partial charge in [-0.05, 0) is 90.3 Å². The van der Waals surface area contributed by atoms with E-state index in [-0.39, 0.29) is 23.3 Å². The van der Waals surface area contributed by atoms with E-state index in [9.17, 15) is 19.8 Å². The van der Waals surface area contributed by atoms with Crippen LogP contribution in [0.2, 0.25) is 0 Å². The third-order valence-corrected chi connectivity index (χ3v) is 6.30. The summed E-state index contributed by atoms with van der Waals surface area (Å²) in [6, 6.07) is 23.8. The molecule has 0 aliphatic heterocycles. The zero-order valence-electron chi connectivity index (χ0n) is 18.3. The zero-order valence-corrected chi connectivity index (χ0v) is 21.4. The van der Waals surface area contributed by atoms with Crippen molar-refractivity contribution in [3.8, 4) is 11.5 Å². The van der Waals surface area contributed by atoms with E-state index in [1.165, 1.54) is 0 Å². The summed E-state index contributed by atoms with van der Waals surface area (Å²) in [5.74, 6) is -0.774. The molecule has 4 N–H and O–H groups in total. The van der Waals surface area contributed by atoms with Crippen molar-refractivity contribution in [2.45, 2.75) is 6.42 Å². The quantitative estimate of drug-likeness (QED) is 0.186. The van der Waals surface area contributed by atoms with Gasteiger partial charge in [0.25, 0.3) is 11.8 Å². The minimum atomic E-state index is -0.328. The van der Waals surface area contributed by atoms with Crippen LogP contribution in [0.25, 0.3) is 0 Å². The molecule has 0 aromatic heterocycles. The summed E-state index contributed by atoms with van der Waals surface area (Å²) in [4.78, 5) is 24.8. The maximum Gasteiger partial charge on any atom is 0.255 e. The van der Waals surface area contributed by atoms with Gasteiger partial charge in [0.05, 0.1) is 11.4 Å². The summed E-state index contributed by atoms with van der Waals surface area (Å²) < 4.78 is 1.74. The second kappa shape index (κ2) is 10.8. The maximum absolute atomic E-state index is 12.4. The van der Waals surface area contributed by atoms with Crippen molar-refractivity contribution in [3.05, 3.63) is 116 Å².